The van der Waals surface area contributed by atoms with Gasteiger partial charge in [0.15, 0.2) is 0 Å². The van der Waals surface area contributed by atoms with Crippen molar-refractivity contribution in [1.29, 1.82) is 0 Å². The molecular formula is C13H25NO2S. The molecule has 0 saturated heterocycles. The molecule has 1 amide bonds. The van der Waals surface area contributed by atoms with Crippen LogP contribution in [0.25, 0.3) is 0 Å². The number of aldehydes is 1. The van der Waals surface area contributed by atoms with Gasteiger partial charge in [0.2, 0.25) is 5.91 Å². The summed E-state index contributed by atoms with van der Waals surface area (Å²) in [6.45, 7) is 9.23. The van der Waals surface area contributed by atoms with Gasteiger partial charge in [0, 0.05) is 13.0 Å². The van der Waals surface area contributed by atoms with Crippen LogP contribution in [0.15, 0.2) is 0 Å². The number of hydrogen-bond donors (Lipinski definition) is 2. The van der Waals surface area contributed by atoms with Crippen molar-refractivity contribution in [3.63, 3.8) is 0 Å². The molecule has 0 spiro atoms. The summed E-state index contributed by atoms with van der Waals surface area (Å²) < 4.78 is 0. The van der Waals surface area contributed by atoms with E-state index in [0.717, 1.165) is 19.1 Å². The Morgan fingerprint density at radius 2 is 1.82 bits per heavy atom. The van der Waals surface area contributed by atoms with Crippen LogP contribution in [-0.2, 0) is 9.59 Å². The molecule has 0 aliphatic rings. The number of amides is 1. The second-order valence-electron chi connectivity index (χ2n) is 6.13. The van der Waals surface area contributed by atoms with E-state index in [1.54, 1.807) is 0 Å². The summed E-state index contributed by atoms with van der Waals surface area (Å²) in [6.07, 6.45) is 3.45. The number of rotatable bonds is 8. The maximum atomic E-state index is 11.1. The number of nitrogens with one attached hydrogen (secondary N) is 1. The Hall–Kier alpha value is -0.510. The lowest BCUT2D eigenvalue weighted by Crippen LogP contribution is -2.31. The SMILES string of the molecule is CC(C)(CC=O)CC(C)(C)CCNC(=O)CS. The van der Waals surface area contributed by atoms with Gasteiger partial charge in [-0.25, -0.2) is 0 Å². The minimum Gasteiger partial charge on any atom is -0.355 e. The summed E-state index contributed by atoms with van der Waals surface area (Å²) >= 11 is 3.91. The van der Waals surface area contributed by atoms with Gasteiger partial charge in [-0.2, -0.15) is 12.6 Å². The number of carbonyl (C=O) groups excluding carboxylic acids is 2. The molecule has 0 aliphatic heterocycles. The van der Waals surface area contributed by atoms with Gasteiger partial charge in [0.25, 0.3) is 0 Å². The minimum absolute atomic E-state index is 0.0266. The third-order valence-corrected chi connectivity index (χ3v) is 3.15. The standard InChI is InChI=1S/C13H25NO2S/c1-12(2,5-7-14-11(16)9-17)10-13(3,4)6-8-15/h8,17H,5-7,9-10H2,1-4H3,(H,14,16). The summed E-state index contributed by atoms with van der Waals surface area (Å²) in [5.41, 5.74) is 0.148. The molecule has 0 aromatic carbocycles. The second-order valence-corrected chi connectivity index (χ2v) is 6.45. The first-order valence-electron chi connectivity index (χ1n) is 6.04. The highest BCUT2D eigenvalue weighted by Crippen LogP contribution is 2.37. The molecule has 0 aromatic heterocycles. The van der Waals surface area contributed by atoms with Crippen LogP contribution in [-0.4, -0.2) is 24.5 Å². The van der Waals surface area contributed by atoms with Crippen LogP contribution >= 0.6 is 12.6 Å². The van der Waals surface area contributed by atoms with Crippen molar-refractivity contribution in [2.45, 2.75) is 47.0 Å². The molecule has 100 valence electrons. The molecule has 0 rings (SSSR count). The molecule has 1 N–H and O–H groups in total. The zero-order valence-electron chi connectivity index (χ0n) is 11.4. The summed E-state index contributed by atoms with van der Waals surface area (Å²) in [6, 6.07) is 0. The van der Waals surface area contributed by atoms with Crippen molar-refractivity contribution in [3.05, 3.63) is 0 Å². The molecule has 17 heavy (non-hydrogen) atoms. The Morgan fingerprint density at radius 3 is 2.29 bits per heavy atom. The van der Waals surface area contributed by atoms with E-state index in [4.69, 9.17) is 0 Å². The van der Waals surface area contributed by atoms with E-state index in [2.05, 4.69) is 45.6 Å². The second kappa shape index (κ2) is 7.04. The average molecular weight is 259 g/mol. The Kier molecular flexibility index (Phi) is 6.83. The third-order valence-electron chi connectivity index (χ3n) is 2.86. The van der Waals surface area contributed by atoms with E-state index in [9.17, 15) is 9.59 Å². The fraction of sp³-hybridized carbons (Fsp3) is 0.846. The van der Waals surface area contributed by atoms with E-state index in [1.165, 1.54) is 0 Å². The minimum atomic E-state index is -0.0312. The van der Waals surface area contributed by atoms with E-state index in [1.807, 2.05) is 0 Å². The molecule has 0 bridgehead atoms. The van der Waals surface area contributed by atoms with Crippen LogP contribution in [0.5, 0.6) is 0 Å². The molecule has 0 aliphatic carbocycles. The molecular weight excluding hydrogens is 234 g/mol. The van der Waals surface area contributed by atoms with Crippen molar-refractivity contribution >= 4 is 24.8 Å². The Bertz CT molecular complexity index is 262. The summed E-state index contributed by atoms with van der Waals surface area (Å²) in [7, 11) is 0. The molecule has 0 atom stereocenters. The highest BCUT2D eigenvalue weighted by Gasteiger charge is 2.28. The molecule has 0 heterocycles. The van der Waals surface area contributed by atoms with E-state index in [-0.39, 0.29) is 22.5 Å². The third kappa shape index (κ3) is 8.25. The summed E-state index contributed by atoms with van der Waals surface area (Å²) in [4.78, 5) is 21.6. The maximum Gasteiger partial charge on any atom is 0.229 e. The van der Waals surface area contributed by atoms with Crippen LogP contribution in [0.2, 0.25) is 0 Å². The fourth-order valence-corrected chi connectivity index (χ4v) is 2.39. The van der Waals surface area contributed by atoms with Gasteiger partial charge in [0.05, 0.1) is 5.75 Å². The summed E-state index contributed by atoms with van der Waals surface area (Å²) in [5.74, 6) is 0.202. The van der Waals surface area contributed by atoms with Crippen LogP contribution in [0.1, 0.15) is 47.0 Å². The van der Waals surface area contributed by atoms with Crippen molar-refractivity contribution in [1.82, 2.24) is 5.32 Å². The largest absolute Gasteiger partial charge is 0.355 e. The lowest BCUT2D eigenvalue weighted by molar-refractivity contribution is -0.118. The molecule has 0 unspecified atom stereocenters. The highest BCUT2D eigenvalue weighted by molar-refractivity contribution is 7.81. The van der Waals surface area contributed by atoms with Crippen LogP contribution in [0.3, 0.4) is 0 Å². The molecule has 0 fully saturated rings. The first kappa shape index (κ1) is 16.5. The van der Waals surface area contributed by atoms with Crippen molar-refractivity contribution < 1.29 is 9.59 Å². The fourth-order valence-electron chi connectivity index (χ4n) is 2.28. The van der Waals surface area contributed by atoms with Gasteiger partial charge in [-0.05, 0) is 23.7 Å². The highest BCUT2D eigenvalue weighted by atomic mass is 32.1. The van der Waals surface area contributed by atoms with Crippen LogP contribution in [0.4, 0.5) is 0 Å². The van der Waals surface area contributed by atoms with E-state index >= 15 is 0 Å². The molecule has 0 aromatic rings. The molecule has 4 heteroatoms. The van der Waals surface area contributed by atoms with Gasteiger partial charge in [-0.1, -0.05) is 27.7 Å². The normalized spacial score (nSPS) is 12.3. The summed E-state index contributed by atoms with van der Waals surface area (Å²) in [5, 5.41) is 2.82. The lowest BCUT2D eigenvalue weighted by atomic mass is 9.72. The quantitative estimate of drug-likeness (QED) is 0.519. The smallest absolute Gasteiger partial charge is 0.229 e. The first-order valence-corrected chi connectivity index (χ1v) is 6.67. The average Bonchev–Trinajstić information content (AvgIpc) is 2.14. The number of hydrogen-bond acceptors (Lipinski definition) is 3. The molecule has 3 nitrogen and oxygen atoms in total. The topological polar surface area (TPSA) is 46.2 Å². The predicted octanol–water partition coefficient (Wildman–Crippen LogP) is 2.45. The molecule has 0 saturated carbocycles. The number of carbonyl (C=O) groups is 2. The van der Waals surface area contributed by atoms with Crippen molar-refractivity contribution in [2.75, 3.05) is 12.3 Å². The Morgan fingerprint density at radius 1 is 1.24 bits per heavy atom. The van der Waals surface area contributed by atoms with Crippen LogP contribution < -0.4 is 5.32 Å². The zero-order chi connectivity index (χ0) is 13.5. The van der Waals surface area contributed by atoms with Gasteiger partial charge in [-0.15, -0.1) is 0 Å². The van der Waals surface area contributed by atoms with Gasteiger partial charge in [-0.3, -0.25) is 4.79 Å². The predicted molar refractivity (Wildman–Crippen MR) is 74.3 cm³/mol. The van der Waals surface area contributed by atoms with Crippen molar-refractivity contribution in [2.24, 2.45) is 10.8 Å². The monoisotopic (exact) mass is 259 g/mol. The first-order chi connectivity index (χ1) is 7.72. The maximum absolute atomic E-state index is 11.1. The molecule has 0 radical (unpaired) electrons. The van der Waals surface area contributed by atoms with Gasteiger partial charge in [0.1, 0.15) is 6.29 Å². The lowest BCUT2D eigenvalue weighted by Gasteiger charge is -2.34. The van der Waals surface area contributed by atoms with E-state index < -0.39 is 0 Å². The van der Waals surface area contributed by atoms with Crippen LogP contribution in [0, 0.1) is 10.8 Å². The van der Waals surface area contributed by atoms with Gasteiger partial charge < -0.3 is 10.1 Å². The van der Waals surface area contributed by atoms with E-state index in [0.29, 0.717) is 13.0 Å². The Labute approximate surface area is 110 Å². The number of thiol groups is 1. The van der Waals surface area contributed by atoms with Gasteiger partial charge >= 0.3 is 0 Å². The zero-order valence-corrected chi connectivity index (χ0v) is 12.3. The Balaban J connectivity index is 4.10. The van der Waals surface area contributed by atoms with Crippen molar-refractivity contribution in [3.8, 4) is 0 Å².